The molecule has 0 bridgehead atoms. The molecule has 3 rings (SSSR count). The fourth-order valence-electron chi connectivity index (χ4n) is 2.90. The Morgan fingerprint density at radius 1 is 1.09 bits per heavy atom. The third-order valence-corrected chi connectivity index (χ3v) is 4.33. The molecular weight excluding hydrogens is 286 g/mol. The largest absolute Gasteiger partial charge is 0.497 e. The van der Waals surface area contributed by atoms with E-state index in [2.05, 4.69) is 18.2 Å². The minimum absolute atomic E-state index is 0.0767. The third-order valence-electron chi connectivity index (χ3n) is 4.33. The van der Waals surface area contributed by atoms with Crippen LogP contribution < -0.4 is 4.74 Å². The molecule has 0 saturated carbocycles. The topological polar surface area (TPSA) is 29.5 Å². The van der Waals surface area contributed by atoms with Crippen molar-refractivity contribution in [2.45, 2.75) is 19.9 Å². The summed E-state index contributed by atoms with van der Waals surface area (Å²) in [5.74, 6) is 0.897. The number of benzene rings is 2. The smallest absolute Gasteiger partial charge is 0.247 e. The summed E-state index contributed by atoms with van der Waals surface area (Å²) in [5.41, 5.74) is 4.61. The summed E-state index contributed by atoms with van der Waals surface area (Å²) in [6.45, 7) is 3.45. The van der Waals surface area contributed by atoms with Gasteiger partial charge in [-0.05, 0) is 47.7 Å². The molecule has 1 aliphatic heterocycles. The number of hydrogen-bond acceptors (Lipinski definition) is 2. The van der Waals surface area contributed by atoms with Gasteiger partial charge < -0.3 is 9.64 Å². The number of methoxy groups -OCH3 is 1. The quantitative estimate of drug-likeness (QED) is 0.810. The van der Waals surface area contributed by atoms with E-state index in [0.29, 0.717) is 6.54 Å². The molecule has 118 valence electrons. The maximum atomic E-state index is 12.5. The summed E-state index contributed by atoms with van der Waals surface area (Å²) in [7, 11) is 1.65. The van der Waals surface area contributed by atoms with E-state index in [-0.39, 0.29) is 5.91 Å². The fraction of sp³-hybridized carbons (Fsp3) is 0.250. The normalized spacial score (nSPS) is 14.3. The molecule has 0 unspecified atom stereocenters. The van der Waals surface area contributed by atoms with Gasteiger partial charge in [-0.2, -0.15) is 0 Å². The maximum Gasteiger partial charge on any atom is 0.247 e. The molecule has 3 heteroatoms. The van der Waals surface area contributed by atoms with Crippen LogP contribution in [0, 0.1) is 0 Å². The summed E-state index contributed by atoms with van der Waals surface area (Å²) in [6.07, 6.45) is 2.66. The second kappa shape index (κ2) is 6.69. The summed E-state index contributed by atoms with van der Waals surface area (Å²) < 4.78 is 5.16. The zero-order valence-electron chi connectivity index (χ0n) is 13.6. The molecule has 0 N–H and O–H groups in total. The van der Waals surface area contributed by atoms with Crippen molar-refractivity contribution in [3.05, 3.63) is 71.3 Å². The van der Waals surface area contributed by atoms with Crippen LogP contribution in [0.5, 0.6) is 5.75 Å². The minimum Gasteiger partial charge on any atom is -0.497 e. The van der Waals surface area contributed by atoms with Crippen LogP contribution in [-0.2, 0) is 17.8 Å². The van der Waals surface area contributed by atoms with Crippen LogP contribution in [-0.4, -0.2) is 24.5 Å². The van der Waals surface area contributed by atoms with Gasteiger partial charge in [-0.3, -0.25) is 4.79 Å². The number of nitrogens with zero attached hydrogens (tertiary/aromatic N) is 1. The molecule has 1 amide bonds. The summed E-state index contributed by atoms with van der Waals surface area (Å²) >= 11 is 0. The van der Waals surface area contributed by atoms with Gasteiger partial charge in [0.2, 0.25) is 5.91 Å². The second-order valence-electron chi connectivity index (χ2n) is 5.83. The number of carbonyl (C=O) groups excluding carboxylic acids is 1. The lowest BCUT2D eigenvalue weighted by Gasteiger charge is -2.28. The molecule has 2 aromatic carbocycles. The van der Waals surface area contributed by atoms with E-state index in [1.54, 1.807) is 13.2 Å². The predicted molar refractivity (Wildman–Crippen MR) is 92.2 cm³/mol. The van der Waals surface area contributed by atoms with E-state index in [1.165, 1.54) is 11.1 Å². The van der Waals surface area contributed by atoms with Crippen molar-refractivity contribution in [3.63, 3.8) is 0 Å². The van der Waals surface area contributed by atoms with Crippen LogP contribution in [0.15, 0.2) is 54.6 Å². The van der Waals surface area contributed by atoms with Gasteiger partial charge in [-0.15, -0.1) is 0 Å². The zero-order chi connectivity index (χ0) is 16.2. The maximum absolute atomic E-state index is 12.5. The van der Waals surface area contributed by atoms with Gasteiger partial charge in [0, 0.05) is 19.2 Å². The third kappa shape index (κ3) is 3.45. The van der Waals surface area contributed by atoms with Gasteiger partial charge in [-0.1, -0.05) is 36.4 Å². The van der Waals surface area contributed by atoms with Crippen molar-refractivity contribution in [1.29, 1.82) is 0 Å². The Morgan fingerprint density at radius 3 is 2.48 bits per heavy atom. The molecule has 0 atom stereocenters. The molecule has 1 aliphatic rings. The highest BCUT2D eigenvalue weighted by molar-refractivity contribution is 5.95. The Bertz CT molecular complexity index is 732. The first kappa shape index (κ1) is 15.3. The Labute approximate surface area is 137 Å². The van der Waals surface area contributed by atoms with Crippen LogP contribution in [0.4, 0.5) is 0 Å². The van der Waals surface area contributed by atoms with Crippen molar-refractivity contribution in [3.8, 4) is 5.75 Å². The standard InChI is InChI=1S/C20H21NO2/c1-15(16-7-9-19(23-2)10-8-16)13-20(22)21-12-11-17-5-3-4-6-18(17)14-21/h3-10,13H,11-12,14H2,1-2H3/b15-13+. The second-order valence-corrected chi connectivity index (χ2v) is 5.83. The van der Waals surface area contributed by atoms with E-state index in [4.69, 9.17) is 4.74 Å². The monoisotopic (exact) mass is 307 g/mol. The first-order valence-corrected chi connectivity index (χ1v) is 7.86. The summed E-state index contributed by atoms with van der Waals surface area (Å²) in [6, 6.07) is 16.1. The number of rotatable bonds is 3. The summed E-state index contributed by atoms with van der Waals surface area (Å²) in [4.78, 5) is 14.5. The fourth-order valence-corrected chi connectivity index (χ4v) is 2.90. The van der Waals surface area contributed by atoms with Crippen molar-refractivity contribution in [1.82, 2.24) is 4.90 Å². The molecule has 0 spiro atoms. The van der Waals surface area contributed by atoms with Crippen LogP contribution in [0.1, 0.15) is 23.6 Å². The number of ether oxygens (including phenoxy) is 1. The zero-order valence-corrected chi connectivity index (χ0v) is 13.6. The highest BCUT2D eigenvalue weighted by atomic mass is 16.5. The van der Waals surface area contributed by atoms with Gasteiger partial charge in [0.25, 0.3) is 0 Å². The first-order valence-electron chi connectivity index (χ1n) is 7.86. The van der Waals surface area contributed by atoms with E-state index in [0.717, 1.165) is 29.9 Å². The van der Waals surface area contributed by atoms with Crippen LogP contribution >= 0.6 is 0 Å². The number of hydrogen-bond donors (Lipinski definition) is 0. The number of carbonyl (C=O) groups is 1. The molecule has 3 nitrogen and oxygen atoms in total. The van der Waals surface area contributed by atoms with Crippen molar-refractivity contribution < 1.29 is 9.53 Å². The Kier molecular flexibility index (Phi) is 4.47. The molecule has 0 fully saturated rings. The molecule has 0 aliphatic carbocycles. The van der Waals surface area contributed by atoms with Gasteiger partial charge in [0.1, 0.15) is 5.75 Å². The molecular formula is C20H21NO2. The first-order chi connectivity index (χ1) is 11.2. The van der Waals surface area contributed by atoms with Gasteiger partial charge in [0.05, 0.1) is 7.11 Å². The molecule has 2 aromatic rings. The highest BCUT2D eigenvalue weighted by Gasteiger charge is 2.19. The Morgan fingerprint density at radius 2 is 1.78 bits per heavy atom. The molecule has 23 heavy (non-hydrogen) atoms. The number of fused-ring (bicyclic) bond motifs is 1. The van der Waals surface area contributed by atoms with E-state index < -0.39 is 0 Å². The van der Waals surface area contributed by atoms with Crippen molar-refractivity contribution in [2.24, 2.45) is 0 Å². The highest BCUT2D eigenvalue weighted by Crippen LogP contribution is 2.21. The van der Waals surface area contributed by atoms with E-state index in [1.807, 2.05) is 42.2 Å². The Hall–Kier alpha value is -2.55. The molecule has 1 heterocycles. The number of amides is 1. The van der Waals surface area contributed by atoms with Crippen LogP contribution in [0.2, 0.25) is 0 Å². The van der Waals surface area contributed by atoms with Gasteiger partial charge >= 0.3 is 0 Å². The lowest BCUT2D eigenvalue weighted by molar-refractivity contribution is -0.126. The van der Waals surface area contributed by atoms with Crippen LogP contribution in [0.25, 0.3) is 5.57 Å². The lowest BCUT2D eigenvalue weighted by Crippen LogP contribution is -2.34. The SMILES string of the molecule is COc1ccc(/C(C)=C/C(=O)N2CCc3ccccc3C2)cc1. The van der Waals surface area contributed by atoms with Gasteiger partial charge in [-0.25, -0.2) is 0 Å². The van der Waals surface area contributed by atoms with E-state index in [9.17, 15) is 4.79 Å². The molecule has 0 aromatic heterocycles. The average molecular weight is 307 g/mol. The predicted octanol–water partition coefficient (Wildman–Crippen LogP) is 3.68. The van der Waals surface area contributed by atoms with E-state index >= 15 is 0 Å². The number of allylic oxidation sites excluding steroid dienone is 1. The Balaban J connectivity index is 1.73. The lowest BCUT2D eigenvalue weighted by atomic mass is 9.99. The van der Waals surface area contributed by atoms with Crippen molar-refractivity contribution in [2.75, 3.05) is 13.7 Å². The molecule has 0 saturated heterocycles. The van der Waals surface area contributed by atoms with Crippen LogP contribution in [0.3, 0.4) is 0 Å². The van der Waals surface area contributed by atoms with Crippen molar-refractivity contribution >= 4 is 11.5 Å². The minimum atomic E-state index is 0.0767. The molecule has 0 radical (unpaired) electrons. The summed E-state index contributed by atoms with van der Waals surface area (Å²) in [5, 5.41) is 0. The van der Waals surface area contributed by atoms with Gasteiger partial charge in [0.15, 0.2) is 0 Å². The average Bonchev–Trinajstić information content (AvgIpc) is 2.61.